The average Bonchev–Trinajstić information content (AvgIpc) is 3.70. The largest absolute Gasteiger partial charge is 0.481 e. The Labute approximate surface area is 212 Å². The molecule has 1 saturated carbocycles. The lowest BCUT2D eigenvalue weighted by Gasteiger charge is -2.21. The van der Waals surface area contributed by atoms with Gasteiger partial charge in [-0.25, -0.2) is 14.8 Å². The van der Waals surface area contributed by atoms with Gasteiger partial charge in [-0.1, -0.05) is 0 Å². The van der Waals surface area contributed by atoms with Crippen molar-refractivity contribution in [2.24, 2.45) is 0 Å². The van der Waals surface area contributed by atoms with Crippen molar-refractivity contribution < 1.29 is 34.8 Å². The maximum absolute atomic E-state index is 10.3. The fraction of sp³-hybridized carbons (Fsp3) is 0.320. The normalized spacial score (nSPS) is 12.9. The fourth-order valence-electron chi connectivity index (χ4n) is 3.52. The molecule has 0 bridgehead atoms. The Morgan fingerprint density at radius 3 is 2.11 bits per heavy atom. The van der Waals surface area contributed by atoms with Crippen LogP contribution in [0.3, 0.4) is 0 Å². The van der Waals surface area contributed by atoms with Gasteiger partial charge in [0.1, 0.15) is 0 Å². The zero-order valence-corrected chi connectivity index (χ0v) is 19.8. The van der Waals surface area contributed by atoms with Crippen molar-refractivity contribution in [3.8, 4) is 11.4 Å². The van der Waals surface area contributed by atoms with Gasteiger partial charge in [-0.2, -0.15) is 0 Å². The summed E-state index contributed by atoms with van der Waals surface area (Å²) in [7, 11) is 0. The van der Waals surface area contributed by atoms with E-state index in [9.17, 15) is 14.4 Å². The van der Waals surface area contributed by atoms with Crippen LogP contribution in [0.1, 0.15) is 36.9 Å². The van der Waals surface area contributed by atoms with Crippen molar-refractivity contribution in [2.75, 3.05) is 0 Å². The fourth-order valence-corrected chi connectivity index (χ4v) is 3.52. The van der Waals surface area contributed by atoms with E-state index in [2.05, 4.69) is 32.0 Å². The van der Waals surface area contributed by atoms with E-state index >= 15 is 0 Å². The Kier molecular flexibility index (Phi) is 9.30. The number of aromatic nitrogens is 4. The molecule has 194 valence electrons. The van der Waals surface area contributed by atoms with Crippen molar-refractivity contribution in [1.29, 1.82) is 0 Å². The van der Waals surface area contributed by atoms with E-state index in [0.717, 1.165) is 30.2 Å². The maximum atomic E-state index is 10.3. The lowest BCUT2D eigenvalue weighted by Crippen LogP contribution is -2.42. The van der Waals surface area contributed by atoms with Crippen LogP contribution in [0.2, 0.25) is 0 Å². The summed E-state index contributed by atoms with van der Waals surface area (Å²) in [4.78, 5) is 50.3. The zero-order valence-electron chi connectivity index (χ0n) is 19.8. The van der Waals surface area contributed by atoms with Crippen LogP contribution in [-0.4, -0.2) is 74.8 Å². The summed E-state index contributed by atoms with van der Waals surface area (Å²) in [6.45, 7) is 1.77. The zero-order chi connectivity index (χ0) is 26.8. The number of pyridine rings is 2. The molecule has 1 fully saturated rings. The first-order valence-electron chi connectivity index (χ1n) is 11.4. The Morgan fingerprint density at radius 2 is 1.57 bits per heavy atom. The summed E-state index contributed by atoms with van der Waals surface area (Å²) >= 11 is 0. The first-order chi connectivity index (χ1) is 17.7. The summed E-state index contributed by atoms with van der Waals surface area (Å²) in [6.07, 6.45) is 9.35. The van der Waals surface area contributed by atoms with Gasteiger partial charge in [-0.05, 0) is 48.7 Å². The highest BCUT2D eigenvalue weighted by molar-refractivity contribution is 5.88. The van der Waals surface area contributed by atoms with Gasteiger partial charge in [-0.15, -0.1) is 0 Å². The third-order valence-electron chi connectivity index (χ3n) is 5.48. The molecule has 3 aromatic rings. The number of carbonyl (C=O) groups is 3. The van der Waals surface area contributed by atoms with E-state index in [1.807, 2.05) is 36.8 Å². The lowest BCUT2D eigenvalue weighted by molar-refractivity contribution is -0.170. The van der Waals surface area contributed by atoms with E-state index in [0.29, 0.717) is 6.04 Å². The summed E-state index contributed by atoms with van der Waals surface area (Å²) in [6, 6.07) is 10.7. The van der Waals surface area contributed by atoms with Gasteiger partial charge in [0, 0.05) is 55.7 Å². The molecular weight excluding hydrogens is 482 g/mol. The average molecular weight is 510 g/mol. The summed E-state index contributed by atoms with van der Waals surface area (Å²) < 4.78 is 0. The summed E-state index contributed by atoms with van der Waals surface area (Å²) in [5.74, 6) is -4.28. The van der Waals surface area contributed by atoms with Crippen LogP contribution in [0, 0.1) is 0 Å². The van der Waals surface area contributed by atoms with Crippen molar-refractivity contribution in [1.82, 2.24) is 24.8 Å². The van der Waals surface area contributed by atoms with E-state index in [1.165, 1.54) is 18.4 Å². The molecule has 0 aliphatic heterocycles. The van der Waals surface area contributed by atoms with Crippen molar-refractivity contribution in [3.05, 3.63) is 72.6 Å². The number of carboxylic acids is 3. The first kappa shape index (κ1) is 27.3. The molecule has 4 rings (SSSR count). The molecule has 0 aromatic carbocycles. The summed E-state index contributed by atoms with van der Waals surface area (Å²) in [5.41, 5.74) is 0.548. The van der Waals surface area contributed by atoms with E-state index in [4.69, 9.17) is 25.4 Å². The topological polar surface area (TPSA) is 187 Å². The number of aliphatic carboxylic acids is 3. The third kappa shape index (κ3) is 8.70. The van der Waals surface area contributed by atoms with E-state index in [-0.39, 0.29) is 0 Å². The Morgan fingerprint density at radius 1 is 0.892 bits per heavy atom. The van der Waals surface area contributed by atoms with Crippen molar-refractivity contribution in [2.45, 2.75) is 50.4 Å². The number of aliphatic hydroxyl groups is 1. The van der Waals surface area contributed by atoms with Crippen LogP contribution in [-0.2, 0) is 27.5 Å². The Balaban J connectivity index is 0.000000251. The van der Waals surface area contributed by atoms with Crippen LogP contribution in [0.15, 0.2) is 61.3 Å². The molecule has 0 spiro atoms. The minimum absolute atomic E-state index is 0.662. The molecule has 3 aromatic heterocycles. The smallest absolute Gasteiger partial charge is 0.336 e. The second kappa shape index (κ2) is 12.6. The monoisotopic (exact) mass is 509 g/mol. The minimum Gasteiger partial charge on any atom is -0.481 e. The second-order valence-electron chi connectivity index (χ2n) is 8.58. The second-order valence-corrected chi connectivity index (χ2v) is 8.58. The molecule has 0 atom stereocenters. The third-order valence-corrected chi connectivity index (χ3v) is 5.48. The highest BCUT2D eigenvalue weighted by atomic mass is 16.4. The van der Waals surface area contributed by atoms with Gasteiger partial charge in [0.2, 0.25) is 0 Å². The predicted octanol–water partition coefficient (Wildman–Crippen LogP) is 1.85. The minimum atomic E-state index is -2.74. The van der Waals surface area contributed by atoms with Crippen LogP contribution < -0.4 is 0 Å². The number of rotatable bonds is 11. The molecule has 4 N–H and O–H groups in total. The highest BCUT2D eigenvalue weighted by Crippen LogP contribution is 2.29. The van der Waals surface area contributed by atoms with Gasteiger partial charge in [0.25, 0.3) is 0 Å². The van der Waals surface area contributed by atoms with Crippen molar-refractivity contribution in [3.63, 3.8) is 0 Å². The van der Waals surface area contributed by atoms with Crippen molar-refractivity contribution >= 4 is 17.9 Å². The quantitative estimate of drug-likeness (QED) is 0.294. The molecule has 12 heteroatoms. The lowest BCUT2D eigenvalue weighted by atomic mass is 9.96. The van der Waals surface area contributed by atoms with Gasteiger partial charge < -0.3 is 20.4 Å². The van der Waals surface area contributed by atoms with Gasteiger partial charge in [0.05, 0.1) is 18.5 Å². The Bertz CT molecular complexity index is 1190. The molecule has 12 nitrogen and oxygen atoms in total. The molecule has 0 radical (unpaired) electrons. The molecule has 3 heterocycles. The molecule has 0 unspecified atom stereocenters. The maximum Gasteiger partial charge on any atom is 0.336 e. The number of nitrogens with zero attached hydrogens (tertiary/aromatic N) is 5. The highest BCUT2D eigenvalue weighted by Gasteiger charge is 2.40. The molecular formula is C25H27N5O7. The molecule has 0 amide bonds. The predicted molar refractivity (Wildman–Crippen MR) is 129 cm³/mol. The van der Waals surface area contributed by atoms with Crippen LogP contribution >= 0.6 is 0 Å². The molecule has 0 saturated heterocycles. The number of hydrogen-bond donors (Lipinski definition) is 4. The Hall–Kier alpha value is -4.29. The van der Waals surface area contributed by atoms with Gasteiger partial charge in [0.15, 0.2) is 11.4 Å². The molecule has 1 aliphatic carbocycles. The SMILES string of the molecule is O=C(O)CC(O)(CC(=O)O)C(=O)O.c1cncc(-c2nccc(CN(Cc3ccncc3)C3CC3)n2)c1. The van der Waals surface area contributed by atoms with Crippen LogP contribution in [0.25, 0.3) is 11.4 Å². The van der Waals surface area contributed by atoms with E-state index in [1.54, 1.807) is 12.4 Å². The number of carboxylic acid groups (broad SMARTS) is 3. The first-order valence-corrected chi connectivity index (χ1v) is 11.4. The number of hydrogen-bond acceptors (Lipinski definition) is 9. The standard InChI is InChI=1S/C19H19N5.C6H8O7/c1-2-16(12-21-8-1)19-22-11-7-17(23-19)14-24(18-3-4-18)13-15-5-9-20-10-6-15;7-3(8)1-6(13,5(11)12)2-4(9)10/h1-2,5-12,18H,3-4,13-14H2;13H,1-2H2,(H,7,8)(H,9,10)(H,11,12). The van der Waals surface area contributed by atoms with Crippen LogP contribution in [0.4, 0.5) is 0 Å². The summed E-state index contributed by atoms with van der Waals surface area (Å²) in [5, 5.41) is 33.8. The van der Waals surface area contributed by atoms with E-state index < -0.39 is 36.4 Å². The molecule has 1 aliphatic rings. The van der Waals surface area contributed by atoms with Gasteiger partial charge in [-0.3, -0.25) is 24.5 Å². The van der Waals surface area contributed by atoms with Crippen LogP contribution in [0.5, 0.6) is 0 Å². The van der Waals surface area contributed by atoms with Gasteiger partial charge >= 0.3 is 17.9 Å². The molecule has 37 heavy (non-hydrogen) atoms.